The van der Waals surface area contributed by atoms with Crippen LogP contribution < -0.4 is 11.3 Å². The van der Waals surface area contributed by atoms with Gasteiger partial charge in [-0.3, -0.25) is 11.3 Å². The van der Waals surface area contributed by atoms with Gasteiger partial charge in [0.05, 0.1) is 0 Å². The number of nitrogens with one attached hydrogen (secondary N) is 1. The minimum absolute atomic E-state index is 0.232. The summed E-state index contributed by atoms with van der Waals surface area (Å²) in [4.78, 5) is 0. The predicted molar refractivity (Wildman–Crippen MR) is 81.9 cm³/mol. The van der Waals surface area contributed by atoms with Gasteiger partial charge in [-0.15, -0.1) is 0 Å². The zero-order valence-electron chi connectivity index (χ0n) is 12.6. The first-order valence-electron chi connectivity index (χ1n) is 7.54. The van der Waals surface area contributed by atoms with Crippen LogP contribution in [-0.4, -0.2) is 6.04 Å². The smallest absolute Gasteiger partial charge is 0.0253 e. The maximum atomic E-state index is 5.70. The van der Waals surface area contributed by atoms with Gasteiger partial charge in [0.25, 0.3) is 0 Å². The van der Waals surface area contributed by atoms with Crippen LogP contribution in [0.5, 0.6) is 0 Å². The van der Waals surface area contributed by atoms with Crippen LogP contribution >= 0.6 is 0 Å². The van der Waals surface area contributed by atoms with Crippen LogP contribution in [0.3, 0.4) is 0 Å². The maximum Gasteiger partial charge on any atom is 0.0253 e. The molecule has 1 aromatic rings. The zero-order valence-corrected chi connectivity index (χ0v) is 12.6. The molecule has 1 atom stereocenters. The van der Waals surface area contributed by atoms with Crippen molar-refractivity contribution < 1.29 is 0 Å². The quantitative estimate of drug-likeness (QED) is 0.627. The molecule has 2 rings (SSSR count). The molecule has 0 heterocycles. The Labute approximate surface area is 117 Å². The summed E-state index contributed by atoms with van der Waals surface area (Å²) >= 11 is 0. The lowest BCUT2D eigenvalue weighted by Crippen LogP contribution is -2.39. The normalized spacial score (nSPS) is 18.1. The van der Waals surface area contributed by atoms with Gasteiger partial charge < -0.3 is 0 Å². The van der Waals surface area contributed by atoms with E-state index < -0.39 is 0 Å². The molecule has 0 amide bonds. The van der Waals surface area contributed by atoms with E-state index in [1.54, 1.807) is 0 Å². The SMILES string of the molecule is CC(C)(C)c1ccc(CC(CC2CCC2)NN)cc1. The van der Waals surface area contributed by atoms with Crippen LogP contribution in [0.4, 0.5) is 0 Å². The molecule has 1 aliphatic rings. The van der Waals surface area contributed by atoms with Crippen molar-refractivity contribution in [1.82, 2.24) is 5.43 Å². The Morgan fingerprint density at radius 3 is 2.26 bits per heavy atom. The number of rotatable bonds is 5. The summed E-state index contributed by atoms with van der Waals surface area (Å²) < 4.78 is 0. The molecule has 1 aliphatic carbocycles. The molecule has 19 heavy (non-hydrogen) atoms. The summed E-state index contributed by atoms with van der Waals surface area (Å²) in [6, 6.07) is 9.45. The molecule has 3 N–H and O–H groups in total. The lowest BCUT2D eigenvalue weighted by Gasteiger charge is -2.29. The highest BCUT2D eigenvalue weighted by Gasteiger charge is 2.21. The van der Waals surface area contributed by atoms with E-state index in [0.29, 0.717) is 6.04 Å². The topological polar surface area (TPSA) is 38.0 Å². The van der Waals surface area contributed by atoms with E-state index in [-0.39, 0.29) is 5.41 Å². The van der Waals surface area contributed by atoms with Crippen LogP contribution in [0.25, 0.3) is 0 Å². The van der Waals surface area contributed by atoms with Gasteiger partial charge in [-0.25, -0.2) is 0 Å². The van der Waals surface area contributed by atoms with Gasteiger partial charge in [0, 0.05) is 6.04 Å². The highest BCUT2D eigenvalue weighted by atomic mass is 15.2. The van der Waals surface area contributed by atoms with Gasteiger partial charge in [-0.1, -0.05) is 64.3 Å². The average molecular weight is 260 g/mol. The minimum atomic E-state index is 0.232. The van der Waals surface area contributed by atoms with E-state index in [0.717, 1.165) is 12.3 Å². The van der Waals surface area contributed by atoms with E-state index in [1.807, 2.05) is 0 Å². The first kappa shape index (κ1) is 14.5. The van der Waals surface area contributed by atoms with Crippen LogP contribution in [0.2, 0.25) is 0 Å². The molecular formula is C17H28N2. The van der Waals surface area contributed by atoms with Crippen molar-refractivity contribution in [3.63, 3.8) is 0 Å². The molecule has 1 saturated carbocycles. The molecule has 106 valence electrons. The van der Waals surface area contributed by atoms with E-state index in [4.69, 9.17) is 5.84 Å². The van der Waals surface area contributed by atoms with Crippen LogP contribution in [0.15, 0.2) is 24.3 Å². The van der Waals surface area contributed by atoms with E-state index >= 15 is 0 Å². The molecule has 0 spiro atoms. The van der Waals surface area contributed by atoms with Gasteiger partial charge in [0.1, 0.15) is 0 Å². The molecule has 2 nitrogen and oxygen atoms in total. The molecule has 1 fully saturated rings. The standard InChI is InChI=1S/C17H28N2/c1-17(2,3)15-9-7-14(8-10-15)12-16(19-18)11-13-5-4-6-13/h7-10,13,16,19H,4-6,11-12,18H2,1-3H3. The fourth-order valence-corrected chi connectivity index (χ4v) is 2.77. The second-order valence-corrected chi connectivity index (χ2v) is 7.05. The fraction of sp³-hybridized carbons (Fsp3) is 0.647. The van der Waals surface area contributed by atoms with Gasteiger partial charge in [0.2, 0.25) is 0 Å². The van der Waals surface area contributed by atoms with Crippen LogP contribution in [-0.2, 0) is 11.8 Å². The Morgan fingerprint density at radius 1 is 1.21 bits per heavy atom. The lowest BCUT2D eigenvalue weighted by atomic mass is 9.80. The zero-order chi connectivity index (χ0) is 13.9. The number of hydrazine groups is 1. The van der Waals surface area contributed by atoms with Crippen LogP contribution in [0.1, 0.15) is 57.6 Å². The minimum Gasteiger partial charge on any atom is -0.271 e. The van der Waals surface area contributed by atoms with Crippen molar-refractivity contribution in [2.45, 2.75) is 64.3 Å². The van der Waals surface area contributed by atoms with E-state index in [2.05, 4.69) is 50.5 Å². The van der Waals surface area contributed by atoms with Gasteiger partial charge in [-0.2, -0.15) is 0 Å². The Hall–Kier alpha value is -0.860. The Kier molecular flexibility index (Phi) is 4.64. The fourth-order valence-electron chi connectivity index (χ4n) is 2.77. The van der Waals surface area contributed by atoms with Crippen molar-refractivity contribution in [2.24, 2.45) is 11.8 Å². The summed E-state index contributed by atoms with van der Waals surface area (Å²) in [6.07, 6.45) is 6.44. The number of hydrogen-bond acceptors (Lipinski definition) is 2. The summed E-state index contributed by atoms with van der Waals surface area (Å²) in [6.45, 7) is 6.76. The van der Waals surface area contributed by atoms with E-state index in [9.17, 15) is 0 Å². The largest absolute Gasteiger partial charge is 0.271 e. The molecule has 0 radical (unpaired) electrons. The van der Waals surface area contributed by atoms with Crippen molar-refractivity contribution in [1.29, 1.82) is 0 Å². The van der Waals surface area contributed by atoms with Crippen molar-refractivity contribution in [3.05, 3.63) is 35.4 Å². The maximum absolute atomic E-state index is 5.70. The molecule has 2 heteroatoms. The third kappa shape index (κ3) is 4.05. The van der Waals surface area contributed by atoms with E-state index in [1.165, 1.54) is 36.8 Å². The second kappa shape index (κ2) is 6.06. The average Bonchev–Trinajstić information content (AvgIpc) is 2.31. The van der Waals surface area contributed by atoms with Gasteiger partial charge >= 0.3 is 0 Å². The number of nitrogens with two attached hydrogens (primary N) is 1. The van der Waals surface area contributed by atoms with Gasteiger partial charge in [-0.05, 0) is 35.3 Å². The summed E-state index contributed by atoms with van der Waals surface area (Å²) in [7, 11) is 0. The molecular weight excluding hydrogens is 232 g/mol. The molecule has 0 aliphatic heterocycles. The van der Waals surface area contributed by atoms with Crippen molar-refractivity contribution in [3.8, 4) is 0 Å². The Bertz CT molecular complexity index is 385. The lowest BCUT2D eigenvalue weighted by molar-refractivity contribution is 0.259. The highest BCUT2D eigenvalue weighted by molar-refractivity contribution is 5.28. The monoisotopic (exact) mass is 260 g/mol. The molecule has 0 bridgehead atoms. The first-order valence-corrected chi connectivity index (χ1v) is 7.54. The Balaban J connectivity index is 1.93. The Morgan fingerprint density at radius 2 is 1.84 bits per heavy atom. The number of benzene rings is 1. The predicted octanol–water partition coefficient (Wildman–Crippen LogP) is 3.55. The van der Waals surface area contributed by atoms with Crippen molar-refractivity contribution >= 4 is 0 Å². The van der Waals surface area contributed by atoms with Gasteiger partial charge in [0.15, 0.2) is 0 Å². The molecule has 1 aromatic carbocycles. The summed E-state index contributed by atoms with van der Waals surface area (Å²) in [5, 5.41) is 0. The summed E-state index contributed by atoms with van der Waals surface area (Å²) in [5.41, 5.74) is 6.01. The third-order valence-electron chi connectivity index (χ3n) is 4.38. The van der Waals surface area contributed by atoms with Crippen molar-refractivity contribution in [2.75, 3.05) is 0 Å². The first-order chi connectivity index (χ1) is 8.99. The molecule has 1 unspecified atom stereocenters. The second-order valence-electron chi connectivity index (χ2n) is 7.05. The molecule has 0 saturated heterocycles. The number of hydrogen-bond donors (Lipinski definition) is 2. The molecule has 0 aromatic heterocycles. The summed E-state index contributed by atoms with van der Waals surface area (Å²) in [5.74, 6) is 6.59. The van der Waals surface area contributed by atoms with Crippen LogP contribution in [0, 0.1) is 5.92 Å². The third-order valence-corrected chi connectivity index (χ3v) is 4.38. The highest BCUT2D eigenvalue weighted by Crippen LogP contribution is 2.31.